The Kier molecular flexibility index (Phi) is 6.54. The second kappa shape index (κ2) is 9.31. The molecule has 0 radical (unpaired) electrons. The Morgan fingerprint density at radius 3 is 2.87 bits per heavy atom. The number of ether oxygens (including phenoxy) is 1. The number of carbonyl (C=O) groups excluding carboxylic acids is 1. The average Bonchev–Trinajstić information content (AvgIpc) is 3.10. The first-order valence-electron chi connectivity index (χ1n) is 10.4. The van der Waals surface area contributed by atoms with E-state index in [0.29, 0.717) is 30.2 Å². The van der Waals surface area contributed by atoms with E-state index >= 15 is 0 Å². The van der Waals surface area contributed by atoms with Gasteiger partial charge >= 0.3 is 0 Å². The smallest absolute Gasteiger partial charge is 0.139 e. The van der Waals surface area contributed by atoms with Gasteiger partial charge in [0, 0.05) is 24.3 Å². The Balaban J connectivity index is 1.64. The molecule has 0 fully saturated rings. The molecule has 1 aromatic carbocycles. The monoisotopic (exact) mass is 443 g/mol. The highest BCUT2D eigenvalue weighted by molar-refractivity contribution is 7.19. The highest BCUT2D eigenvalue weighted by atomic mass is 35.5. The van der Waals surface area contributed by atoms with Gasteiger partial charge in [0.1, 0.15) is 28.0 Å². The van der Waals surface area contributed by atoms with Crippen LogP contribution in [0.25, 0.3) is 10.2 Å². The maximum absolute atomic E-state index is 11.3. The van der Waals surface area contributed by atoms with Crippen LogP contribution in [0.5, 0.6) is 5.75 Å². The number of thiophene rings is 1. The number of fused-ring (bicyclic) bond motifs is 3. The minimum absolute atomic E-state index is 0.206. The van der Waals surface area contributed by atoms with Crippen molar-refractivity contribution >= 4 is 44.8 Å². The lowest BCUT2D eigenvalue weighted by Crippen LogP contribution is -2.07. The molecule has 1 N–H and O–H groups in total. The third-order valence-corrected chi connectivity index (χ3v) is 6.95. The third-order valence-electron chi connectivity index (χ3n) is 5.47. The fraction of sp³-hybridized carbons (Fsp3) is 0.435. The van der Waals surface area contributed by atoms with Crippen LogP contribution >= 0.6 is 22.9 Å². The number of ketones is 1. The summed E-state index contributed by atoms with van der Waals surface area (Å²) in [6, 6.07) is 5.81. The maximum Gasteiger partial charge on any atom is 0.139 e. The van der Waals surface area contributed by atoms with E-state index < -0.39 is 0 Å². The molecule has 0 saturated heterocycles. The van der Waals surface area contributed by atoms with Crippen LogP contribution in [-0.4, -0.2) is 22.9 Å². The fourth-order valence-corrected chi connectivity index (χ4v) is 5.50. The fourth-order valence-electron chi connectivity index (χ4n) is 3.94. The molecule has 0 saturated carbocycles. The molecule has 30 heavy (non-hydrogen) atoms. The van der Waals surface area contributed by atoms with E-state index in [4.69, 9.17) is 26.3 Å². The summed E-state index contributed by atoms with van der Waals surface area (Å²) >= 11 is 8.09. The van der Waals surface area contributed by atoms with Crippen LogP contribution in [0.1, 0.15) is 54.4 Å². The van der Waals surface area contributed by atoms with E-state index in [1.54, 1.807) is 25.4 Å². The molecule has 0 aliphatic heterocycles. The van der Waals surface area contributed by atoms with Crippen LogP contribution in [0.2, 0.25) is 5.02 Å². The zero-order valence-electron chi connectivity index (χ0n) is 17.4. The van der Waals surface area contributed by atoms with Gasteiger partial charge < -0.3 is 14.8 Å². The summed E-state index contributed by atoms with van der Waals surface area (Å²) in [5.41, 5.74) is 2.47. The van der Waals surface area contributed by atoms with Gasteiger partial charge in [0.25, 0.3) is 0 Å². The van der Waals surface area contributed by atoms with Gasteiger partial charge in [-0.2, -0.15) is 0 Å². The van der Waals surface area contributed by atoms with Crippen molar-refractivity contribution in [3.63, 3.8) is 0 Å². The highest BCUT2D eigenvalue weighted by Gasteiger charge is 2.21. The van der Waals surface area contributed by atoms with Crippen LogP contribution in [0.3, 0.4) is 0 Å². The molecule has 0 atom stereocenters. The molecule has 7 heteroatoms. The number of halogens is 1. The van der Waals surface area contributed by atoms with E-state index in [2.05, 4.69) is 5.32 Å². The van der Waals surface area contributed by atoms with Gasteiger partial charge in [-0.15, -0.1) is 11.3 Å². The second-order valence-corrected chi connectivity index (χ2v) is 9.25. The van der Waals surface area contributed by atoms with Gasteiger partial charge in [0.15, 0.2) is 0 Å². The predicted octanol–water partition coefficient (Wildman–Crippen LogP) is 5.76. The quantitative estimate of drug-likeness (QED) is 0.479. The Labute approximate surface area is 185 Å². The minimum Gasteiger partial charge on any atom is -0.495 e. The van der Waals surface area contributed by atoms with E-state index in [0.717, 1.165) is 41.3 Å². The molecular formula is C23H26ClN3O2S. The van der Waals surface area contributed by atoms with Gasteiger partial charge in [-0.05, 0) is 62.3 Å². The van der Waals surface area contributed by atoms with Crippen molar-refractivity contribution < 1.29 is 9.53 Å². The zero-order valence-corrected chi connectivity index (χ0v) is 19.0. The van der Waals surface area contributed by atoms with Crippen LogP contribution in [0.4, 0.5) is 5.82 Å². The Bertz CT molecular complexity index is 1080. The molecule has 1 aliphatic rings. The summed E-state index contributed by atoms with van der Waals surface area (Å²) in [5, 5.41) is 5.30. The van der Waals surface area contributed by atoms with E-state index in [9.17, 15) is 4.79 Å². The number of anilines is 1. The standard InChI is InChI=1S/C23H26ClN3O2S/c1-14(28)6-5-9-20-26-22(25-13-15-10-11-18(29-2)17(24)12-15)21-16-7-3-4-8-19(16)30-23(21)27-20/h10-12H,3-9,13H2,1-2H3,(H,25,26,27). The number of hydrogen-bond acceptors (Lipinski definition) is 6. The molecule has 1 aliphatic carbocycles. The molecule has 4 rings (SSSR count). The number of Topliss-reactive ketones (excluding diaryl/α,β-unsaturated/α-hetero) is 1. The van der Waals surface area contributed by atoms with Crippen molar-refractivity contribution in [2.45, 2.75) is 58.4 Å². The topological polar surface area (TPSA) is 64.1 Å². The average molecular weight is 444 g/mol. The van der Waals surface area contributed by atoms with Crippen molar-refractivity contribution in [3.05, 3.63) is 45.1 Å². The normalized spacial score (nSPS) is 13.3. The Morgan fingerprint density at radius 2 is 2.10 bits per heavy atom. The van der Waals surface area contributed by atoms with Gasteiger partial charge in [-0.25, -0.2) is 9.97 Å². The minimum atomic E-state index is 0.206. The molecule has 2 aromatic heterocycles. The van der Waals surface area contributed by atoms with E-state index in [1.807, 2.05) is 18.2 Å². The third kappa shape index (κ3) is 4.60. The second-order valence-electron chi connectivity index (χ2n) is 7.76. The Morgan fingerprint density at radius 1 is 1.27 bits per heavy atom. The van der Waals surface area contributed by atoms with Crippen molar-refractivity contribution in [2.75, 3.05) is 12.4 Å². The van der Waals surface area contributed by atoms with Crippen LogP contribution in [0.15, 0.2) is 18.2 Å². The van der Waals surface area contributed by atoms with Crippen molar-refractivity contribution in [1.29, 1.82) is 0 Å². The SMILES string of the molecule is COc1ccc(CNc2nc(CCCC(C)=O)nc3sc4c(c23)CCCC4)cc1Cl. The first-order chi connectivity index (χ1) is 14.5. The summed E-state index contributed by atoms with van der Waals surface area (Å²) in [7, 11) is 1.62. The number of aryl methyl sites for hydroxylation is 3. The van der Waals surface area contributed by atoms with Gasteiger partial charge in [-0.1, -0.05) is 17.7 Å². The molecule has 3 aromatic rings. The first-order valence-corrected chi connectivity index (χ1v) is 11.6. The van der Waals surface area contributed by atoms with E-state index in [1.165, 1.54) is 28.7 Å². The van der Waals surface area contributed by atoms with Crippen molar-refractivity contribution in [3.8, 4) is 5.75 Å². The zero-order chi connectivity index (χ0) is 21.1. The molecule has 0 amide bonds. The number of nitrogens with one attached hydrogen (secondary N) is 1. The summed E-state index contributed by atoms with van der Waals surface area (Å²) in [6.45, 7) is 2.25. The summed E-state index contributed by atoms with van der Waals surface area (Å²) < 4.78 is 5.25. The maximum atomic E-state index is 11.3. The predicted molar refractivity (Wildman–Crippen MR) is 123 cm³/mol. The molecule has 2 heterocycles. The molecule has 0 unspecified atom stereocenters. The molecule has 0 bridgehead atoms. The number of rotatable bonds is 8. The molecule has 158 valence electrons. The van der Waals surface area contributed by atoms with Crippen LogP contribution in [0, 0.1) is 0 Å². The summed E-state index contributed by atoms with van der Waals surface area (Å²) in [4.78, 5) is 23.5. The first kappa shape index (κ1) is 21.1. The van der Waals surface area contributed by atoms with Gasteiger partial charge in [0.05, 0.1) is 17.5 Å². The molecular weight excluding hydrogens is 418 g/mol. The van der Waals surface area contributed by atoms with Crippen molar-refractivity contribution in [1.82, 2.24) is 9.97 Å². The number of hydrogen-bond donors (Lipinski definition) is 1. The lowest BCUT2D eigenvalue weighted by molar-refractivity contribution is -0.117. The lowest BCUT2D eigenvalue weighted by Gasteiger charge is -2.14. The van der Waals surface area contributed by atoms with Crippen LogP contribution in [-0.2, 0) is 30.6 Å². The largest absolute Gasteiger partial charge is 0.495 e. The van der Waals surface area contributed by atoms with Gasteiger partial charge in [0.2, 0.25) is 0 Å². The summed E-state index contributed by atoms with van der Waals surface area (Å²) in [5.74, 6) is 2.57. The lowest BCUT2D eigenvalue weighted by atomic mass is 9.97. The number of nitrogens with zero attached hydrogens (tertiary/aromatic N) is 2. The van der Waals surface area contributed by atoms with Crippen molar-refractivity contribution in [2.24, 2.45) is 0 Å². The number of benzene rings is 1. The number of carbonyl (C=O) groups is 1. The van der Waals surface area contributed by atoms with E-state index in [-0.39, 0.29) is 5.78 Å². The van der Waals surface area contributed by atoms with Crippen LogP contribution < -0.4 is 10.1 Å². The molecule has 5 nitrogen and oxygen atoms in total. The highest BCUT2D eigenvalue weighted by Crippen LogP contribution is 2.39. The Hall–Kier alpha value is -2.18. The summed E-state index contributed by atoms with van der Waals surface area (Å²) in [6.07, 6.45) is 6.73. The molecule has 0 spiro atoms. The number of aromatic nitrogens is 2. The number of methoxy groups -OCH3 is 1. The van der Waals surface area contributed by atoms with Gasteiger partial charge in [-0.3, -0.25) is 0 Å².